The third-order valence-corrected chi connectivity index (χ3v) is 8.35. The first-order valence-electron chi connectivity index (χ1n) is 14.0. The first kappa shape index (κ1) is 27.6. The zero-order valence-electron chi connectivity index (χ0n) is 22.6. The number of hydrogen-bond donors (Lipinski definition) is 1. The normalized spacial score (nSPS) is 18.2. The number of piperidine rings is 1. The van der Waals surface area contributed by atoms with E-state index in [-0.39, 0.29) is 18.1 Å². The van der Waals surface area contributed by atoms with Crippen LogP contribution in [0.1, 0.15) is 52.5 Å². The maximum Gasteiger partial charge on any atom is 0.335 e. The predicted octanol–water partition coefficient (Wildman–Crippen LogP) is 5.92. The minimum absolute atomic E-state index is 0.0811. The van der Waals surface area contributed by atoms with Gasteiger partial charge in [0, 0.05) is 41.4 Å². The zero-order chi connectivity index (χ0) is 28.3. The van der Waals surface area contributed by atoms with Crippen LogP contribution in [-0.2, 0) is 24.4 Å². The van der Waals surface area contributed by atoms with Crippen molar-refractivity contribution in [2.24, 2.45) is 5.92 Å². The topological polar surface area (TPSA) is 89.7 Å². The van der Waals surface area contributed by atoms with Crippen molar-refractivity contribution in [3.05, 3.63) is 88.1 Å². The molecule has 0 amide bonds. The van der Waals surface area contributed by atoms with Gasteiger partial charge < -0.3 is 19.1 Å². The number of carboxylic acid groups (broad SMARTS) is 1. The third-order valence-electron chi connectivity index (χ3n) is 8.11. The molecule has 0 spiro atoms. The number of halogens is 2. The maximum atomic E-state index is 14.3. The SMILES string of the molecule is O=C(O)c1ccc2nc(CN3CCC(c4cccnc4OCc4ccc(Cl)cc4F)CC3)n(C[C@H]3CCOC3)c2c1. The largest absolute Gasteiger partial charge is 0.478 e. The predicted molar refractivity (Wildman–Crippen MR) is 153 cm³/mol. The van der Waals surface area contributed by atoms with Gasteiger partial charge in [-0.1, -0.05) is 23.7 Å². The molecule has 6 rings (SSSR count). The molecule has 0 unspecified atom stereocenters. The van der Waals surface area contributed by atoms with Gasteiger partial charge in [-0.15, -0.1) is 0 Å². The lowest BCUT2D eigenvalue weighted by atomic mass is 9.90. The molecular formula is C31H32ClFN4O4. The summed E-state index contributed by atoms with van der Waals surface area (Å²) in [5.74, 6) is 0.810. The number of carbonyl (C=O) groups is 1. The number of ether oxygens (including phenoxy) is 2. The molecule has 2 fully saturated rings. The molecule has 2 aliphatic rings. The molecule has 1 atom stereocenters. The highest BCUT2D eigenvalue weighted by molar-refractivity contribution is 6.30. The number of fused-ring (bicyclic) bond motifs is 1. The highest BCUT2D eigenvalue weighted by Gasteiger charge is 2.26. The second kappa shape index (κ2) is 12.1. The van der Waals surface area contributed by atoms with Gasteiger partial charge in [0.15, 0.2) is 0 Å². The first-order chi connectivity index (χ1) is 19.9. The van der Waals surface area contributed by atoms with Crippen molar-refractivity contribution in [2.75, 3.05) is 26.3 Å². The second-order valence-electron chi connectivity index (χ2n) is 10.8. The van der Waals surface area contributed by atoms with Gasteiger partial charge in [-0.05, 0) is 74.7 Å². The Morgan fingerprint density at radius 2 is 2.00 bits per heavy atom. The first-order valence-corrected chi connectivity index (χ1v) is 14.4. The molecule has 2 aromatic carbocycles. The molecule has 1 N–H and O–H groups in total. The van der Waals surface area contributed by atoms with Crippen LogP contribution < -0.4 is 4.74 Å². The standard InChI is InChI=1S/C31H32ClFN4O4/c32-24-5-3-23(26(33)15-24)19-41-30-25(2-1-10-34-30)21-7-11-36(12-8-21)17-29-35-27-6-4-22(31(38)39)14-28(27)37(29)16-20-9-13-40-18-20/h1-6,10,14-15,20-21H,7-9,11-13,16-19H2,(H,38,39)/t20-/m1/s1. The zero-order valence-corrected chi connectivity index (χ0v) is 23.4. The van der Waals surface area contributed by atoms with Gasteiger partial charge >= 0.3 is 5.97 Å². The Bertz CT molecular complexity index is 1550. The highest BCUT2D eigenvalue weighted by Crippen LogP contribution is 2.34. The minimum Gasteiger partial charge on any atom is -0.478 e. The number of aromatic carboxylic acids is 1. The molecule has 214 valence electrons. The van der Waals surface area contributed by atoms with Crippen molar-refractivity contribution >= 4 is 28.6 Å². The molecule has 4 aromatic rings. The van der Waals surface area contributed by atoms with Crippen LogP contribution in [0.25, 0.3) is 11.0 Å². The Balaban J connectivity index is 1.15. The lowest BCUT2D eigenvalue weighted by molar-refractivity contribution is 0.0697. The summed E-state index contributed by atoms with van der Waals surface area (Å²) in [7, 11) is 0. The fourth-order valence-corrected chi connectivity index (χ4v) is 6.00. The fraction of sp³-hybridized carbons (Fsp3) is 0.387. The van der Waals surface area contributed by atoms with E-state index in [9.17, 15) is 14.3 Å². The number of nitrogens with zero attached hydrogens (tertiary/aromatic N) is 4. The van der Waals surface area contributed by atoms with Crippen molar-refractivity contribution in [3.63, 3.8) is 0 Å². The number of imidazole rings is 1. The molecule has 2 saturated heterocycles. The van der Waals surface area contributed by atoms with E-state index >= 15 is 0 Å². The quantitative estimate of drug-likeness (QED) is 0.264. The highest BCUT2D eigenvalue weighted by atomic mass is 35.5. The number of benzene rings is 2. The van der Waals surface area contributed by atoms with Crippen LogP contribution in [0.3, 0.4) is 0 Å². The lowest BCUT2D eigenvalue weighted by Crippen LogP contribution is -2.33. The van der Waals surface area contributed by atoms with Gasteiger partial charge in [0.05, 0.1) is 29.7 Å². The maximum absolute atomic E-state index is 14.3. The molecule has 8 nitrogen and oxygen atoms in total. The molecular weight excluding hydrogens is 547 g/mol. The molecule has 2 aliphatic heterocycles. The van der Waals surface area contributed by atoms with Gasteiger partial charge in [0.2, 0.25) is 5.88 Å². The van der Waals surface area contributed by atoms with Crippen LogP contribution in [0.15, 0.2) is 54.7 Å². The second-order valence-corrected chi connectivity index (χ2v) is 11.3. The third kappa shape index (κ3) is 6.22. The monoisotopic (exact) mass is 578 g/mol. The Morgan fingerprint density at radius 1 is 1.15 bits per heavy atom. The fourth-order valence-electron chi connectivity index (χ4n) is 5.84. The average molecular weight is 579 g/mol. The summed E-state index contributed by atoms with van der Waals surface area (Å²) in [6.45, 7) is 4.75. The van der Waals surface area contributed by atoms with Crippen LogP contribution in [-0.4, -0.2) is 56.8 Å². The summed E-state index contributed by atoms with van der Waals surface area (Å²) in [4.78, 5) is 23.4. The van der Waals surface area contributed by atoms with E-state index in [0.29, 0.717) is 35.5 Å². The van der Waals surface area contributed by atoms with Crippen LogP contribution in [0.5, 0.6) is 5.88 Å². The Morgan fingerprint density at radius 3 is 2.76 bits per heavy atom. The molecule has 41 heavy (non-hydrogen) atoms. The Kier molecular flexibility index (Phi) is 8.18. The number of likely N-dealkylation sites (tertiary alicyclic amines) is 1. The summed E-state index contributed by atoms with van der Waals surface area (Å²) in [5.41, 5.74) is 3.41. The molecule has 2 aromatic heterocycles. The van der Waals surface area contributed by atoms with Crippen LogP contribution in [0, 0.1) is 11.7 Å². The van der Waals surface area contributed by atoms with Crippen LogP contribution in [0.4, 0.5) is 4.39 Å². The molecule has 10 heteroatoms. The average Bonchev–Trinajstić information content (AvgIpc) is 3.61. The van der Waals surface area contributed by atoms with Gasteiger partial charge in [0.1, 0.15) is 18.2 Å². The van der Waals surface area contributed by atoms with Gasteiger partial charge in [0.25, 0.3) is 0 Å². The van der Waals surface area contributed by atoms with Crippen molar-refractivity contribution in [3.8, 4) is 5.88 Å². The number of aromatic nitrogens is 3. The van der Waals surface area contributed by atoms with Crippen molar-refractivity contribution in [1.82, 2.24) is 19.4 Å². The van der Waals surface area contributed by atoms with Crippen molar-refractivity contribution in [2.45, 2.75) is 44.9 Å². The van der Waals surface area contributed by atoms with Gasteiger partial charge in [-0.3, -0.25) is 4.90 Å². The number of carboxylic acids is 1. The summed E-state index contributed by atoms with van der Waals surface area (Å²) in [5, 5.41) is 9.90. The molecule has 0 saturated carbocycles. The van der Waals surface area contributed by atoms with E-state index in [1.165, 1.54) is 6.07 Å². The van der Waals surface area contributed by atoms with E-state index in [1.54, 1.807) is 36.5 Å². The molecule has 0 bridgehead atoms. The molecule has 4 heterocycles. The van der Waals surface area contributed by atoms with E-state index in [1.807, 2.05) is 12.1 Å². The van der Waals surface area contributed by atoms with Gasteiger partial charge in [-0.25, -0.2) is 19.2 Å². The van der Waals surface area contributed by atoms with Gasteiger partial charge in [-0.2, -0.15) is 0 Å². The van der Waals surface area contributed by atoms with E-state index in [4.69, 9.17) is 26.1 Å². The van der Waals surface area contributed by atoms with Crippen molar-refractivity contribution in [1.29, 1.82) is 0 Å². The molecule has 0 radical (unpaired) electrons. The number of rotatable bonds is 9. The van der Waals surface area contributed by atoms with Crippen molar-refractivity contribution < 1.29 is 23.8 Å². The summed E-state index contributed by atoms with van der Waals surface area (Å²) < 4.78 is 28.1. The van der Waals surface area contributed by atoms with Crippen LogP contribution >= 0.6 is 11.6 Å². The number of pyridine rings is 1. The molecule has 0 aliphatic carbocycles. The summed E-state index contributed by atoms with van der Waals surface area (Å²) in [6, 6.07) is 13.7. The lowest BCUT2D eigenvalue weighted by Gasteiger charge is -2.32. The van der Waals surface area contributed by atoms with E-state index < -0.39 is 11.8 Å². The Labute approximate surface area is 242 Å². The van der Waals surface area contributed by atoms with Crippen LogP contribution in [0.2, 0.25) is 5.02 Å². The minimum atomic E-state index is -0.940. The Hall–Kier alpha value is -3.53. The van der Waals surface area contributed by atoms with E-state index in [2.05, 4.69) is 14.5 Å². The van der Waals surface area contributed by atoms with E-state index in [0.717, 1.165) is 67.9 Å². The summed E-state index contributed by atoms with van der Waals surface area (Å²) >= 11 is 5.88. The summed E-state index contributed by atoms with van der Waals surface area (Å²) in [6.07, 6.45) is 4.54. The smallest absolute Gasteiger partial charge is 0.335 e. The number of hydrogen-bond acceptors (Lipinski definition) is 6.